The summed E-state index contributed by atoms with van der Waals surface area (Å²) in [4.78, 5) is 2.75. The summed E-state index contributed by atoms with van der Waals surface area (Å²) in [5.41, 5.74) is 7.06. The molecule has 2 heteroatoms. The third kappa shape index (κ3) is 3.33. The van der Waals surface area contributed by atoms with Gasteiger partial charge in [0.1, 0.15) is 0 Å². The van der Waals surface area contributed by atoms with Gasteiger partial charge in [-0.25, -0.2) is 0 Å². The van der Waals surface area contributed by atoms with Crippen LogP contribution in [0.1, 0.15) is 66.2 Å². The van der Waals surface area contributed by atoms with Crippen molar-refractivity contribution in [1.29, 1.82) is 0 Å². The maximum Gasteiger partial charge on any atom is 0.0332 e. The molecule has 0 spiro atoms. The first-order chi connectivity index (χ1) is 8.88. The van der Waals surface area contributed by atoms with Crippen LogP contribution in [0, 0.1) is 17.3 Å². The SMILES string of the molecule is CC(C)C1CCCC(CN)(N2CCC(C)(C)C2)CC1. The largest absolute Gasteiger partial charge is 0.329 e. The van der Waals surface area contributed by atoms with Crippen molar-refractivity contribution < 1.29 is 0 Å². The van der Waals surface area contributed by atoms with Gasteiger partial charge in [-0.2, -0.15) is 0 Å². The molecule has 0 radical (unpaired) electrons. The molecule has 2 unspecified atom stereocenters. The smallest absolute Gasteiger partial charge is 0.0332 e. The van der Waals surface area contributed by atoms with E-state index >= 15 is 0 Å². The molecule has 1 aliphatic heterocycles. The van der Waals surface area contributed by atoms with E-state index in [9.17, 15) is 0 Å². The van der Waals surface area contributed by atoms with Crippen LogP contribution in [0.3, 0.4) is 0 Å². The molecule has 2 N–H and O–H groups in total. The normalized spacial score (nSPS) is 36.6. The summed E-state index contributed by atoms with van der Waals surface area (Å²) in [7, 11) is 0. The van der Waals surface area contributed by atoms with Crippen LogP contribution in [0.2, 0.25) is 0 Å². The maximum absolute atomic E-state index is 6.26. The van der Waals surface area contributed by atoms with Gasteiger partial charge in [0.05, 0.1) is 0 Å². The van der Waals surface area contributed by atoms with Crippen molar-refractivity contribution in [2.24, 2.45) is 23.0 Å². The third-order valence-corrected chi connectivity index (χ3v) is 5.87. The van der Waals surface area contributed by atoms with E-state index in [1.807, 2.05) is 0 Å². The van der Waals surface area contributed by atoms with E-state index in [-0.39, 0.29) is 0 Å². The fourth-order valence-corrected chi connectivity index (χ4v) is 4.25. The molecule has 19 heavy (non-hydrogen) atoms. The van der Waals surface area contributed by atoms with Gasteiger partial charge in [0.25, 0.3) is 0 Å². The van der Waals surface area contributed by atoms with Crippen LogP contribution in [0.5, 0.6) is 0 Å². The van der Waals surface area contributed by atoms with E-state index in [2.05, 4.69) is 32.6 Å². The zero-order valence-electron chi connectivity index (χ0n) is 13.5. The maximum atomic E-state index is 6.26. The fourth-order valence-electron chi connectivity index (χ4n) is 4.25. The van der Waals surface area contributed by atoms with Crippen molar-refractivity contribution in [3.8, 4) is 0 Å². The van der Waals surface area contributed by atoms with Crippen molar-refractivity contribution in [3.05, 3.63) is 0 Å². The Hall–Kier alpha value is -0.0800. The first kappa shape index (κ1) is 15.3. The lowest BCUT2D eigenvalue weighted by Crippen LogP contribution is -2.53. The number of nitrogens with two attached hydrogens (primary N) is 1. The van der Waals surface area contributed by atoms with Crippen LogP contribution in [0.4, 0.5) is 0 Å². The quantitative estimate of drug-likeness (QED) is 0.790. The lowest BCUT2D eigenvalue weighted by molar-refractivity contribution is 0.0920. The second-order valence-corrected chi connectivity index (χ2v) is 8.20. The van der Waals surface area contributed by atoms with Gasteiger partial charge in [0.2, 0.25) is 0 Å². The van der Waals surface area contributed by atoms with Gasteiger partial charge in [-0.3, -0.25) is 4.90 Å². The van der Waals surface area contributed by atoms with Crippen LogP contribution in [0.25, 0.3) is 0 Å². The highest BCUT2D eigenvalue weighted by Crippen LogP contribution is 2.41. The zero-order chi connectivity index (χ0) is 14.1. The summed E-state index contributed by atoms with van der Waals surface area (Å²) < 4.78 is 0. The summed E-state index contributed by atoms with van der Waals surface area (Å²) in [6.07, 6.45) is 8.15. The summed E-state index contributed by atoms with van der Waals surface area (Å²) in [5.74, 6) is 1.76. The van der Waals surface area contributed by atoms with E-state index in [1.54, 1.807) is 0 Å². The summed E-state index contributed by atoms with van der Waals surface area (Å²) >= 11 is 0. The minimum absolute atomic E-state index is 0.317. The molecule has 2 nitrogen and oxygen atoms in total. The van der Waals surface area contributed by atoms with Crippen molar-refractivity contribution in [2.45, 2.75) is 71.8 Å². The molecule has 0 aromatic rings. The lowest BCUT2D eigenvalue weighted by atomic mass is 9.85. The van der Waals surface area contributed by atoms with E-state index in [1.165, 1.54) is 51.6 Å². The Balaban J connectivity index is 2.06. The Morgan fingerprint density at radius 3 is 2.42 bits per heavy atom. The second-order valence-electron chi connectivity index (χ2n) is 8.20. The Kier molecular flexibility index (Phi) is 4.62. The number of nitrogens with zero attached hydrogens (tertiary/aromatic N) is 1. The Labute approximate surface area is 120 Å². The molecule has 2 aliphatic rings. The highest BCUT2D eigenvalue weighted by atomic mass is 15.2. The first-order valence-electron chi connectivity index (χ1n) is 8.34. The molecule has 112 valence electrons. The van der Waals surface area contributed by atoms with Gasteiger partial charge in [-0.15, -0.1) is 0 Å². The minimum atomic E-state index is 0.317. The molecule has 1 saturated heterocycles. The van der Waals surface area contributed by atoms with Crippen molar-refractivity contribution >= 4 is 0 Å². The summed E-state index contributed by atoms with van der Waals surface area (Å²) in [5, 5.41) is 0. The summed E-state index contributed by atoms with van der Waals surface area (Å²) in [6, 6.07) is 0. The van der Waals surface area contributed by atoms with Crippen LogP contribution in [-0.4, -0.2) is 30.1 Å². The highest BCUT2D eigenvalue weighted by molar-refractivity contribution is 4.99. The Bertz CT molecular complexity index is 298. The zero-order valence-corrected chi connectivity index (χ0v) is 13.5. The van der Waals surface area contributed by atoms with Gasteiger partial charge in [-0.05, 0) is 49.5 Å². The predicted molar refractivity (Wildman–Crippen MR) is 83.2 cm³/mol. The van der Waals surface area contributed by atoms with E-state index in [0.29, 0.717) is 11.0 Å². The molecule has 1 saturated carbocycles. The summed E-state index contributed by atoms with van der Waals surface area (Å²) in [6.45, 7) is 13.0. The van der Waals surface area contributed by atoms with E-state index in [0.717, 1.165) is 18.4 Å². The molecule has 0 amide bonds. The van der Waals surface area contributed by atoms with Gasteiger partial charge >= 0.3 is 0 Å². The fraction of sp³-hybridized carbons (Fsp3) is 1.00. The number of likely N-dealkylation sites (tertiary alicyclic amines) is 1. The van der Waals surface area contributed by atoms with Crippen molar-refractivity contribution in [2.75, 3.05) is 19.6 Å². The molecule has 0 aromatic heterocycles. The third-order valence-electron chi connectivity index (χ3n) is 5.87. The molecular weight excluding hydrogens is 232 g/mol. The van der Waals surface area contributed by atoms with Gasteiger partial charge < -0.3 is 5.73 Å². The molecule has 1 aliphatic carbocycles. The average molecular weight is 266 g/mol. The van der Waals surface area contributed by atoms with E-state index < -0.39 is 0 Å². The standard InChI is InChI=1S/C17H34N2/c1-14(2)15-6-5-8-17(12-18,9-7-15)19-11-10-16(3,4)13-19/h14-15H,5-13,18H2,1-4H3. The van der Waals surface area contributed by atoms with Crippen LogP contribution >= 0.6 is 0 Å². The number of hydrogen-bond acceptors (Lipinski definition) is 2. The van der Waals surface area contributed by atoms with Gasteiger partial charge in [0, 0.05) is 18.6 Å². The highest BCUT2D eigenvalue weighted by Gasteiger charge is 2.43. The second kappa shape index (κ2) is 5.73. The predicted octanol–water partition coefficient (Wildman–Crippen LogP) is 3.65. The van der Waals surface area contributed by atoms with Crippen LogP contribution in [0.15, 0.2) is 0 Å². The molecule has 2 atom stereocenters. The number of rotatable bonds is 3. The molecule has 2 rings (SSSR count). The minimum Gasteiger partial charge on any atom is -0.329 e. The van der Waals surface area contributed by atoms with Gasteiger partial charge in [-0.1, -0.05) is 40.5 Å². The van der Waals surface area contributed by atoms with Crippen molar-refractivity contribution in [3.63, 3.8) is 0 Å². The van der Waals surface area contributed by atoms with Crippen molar-refractivity contribution in [1.82, 2.24) is 4.90 Å². The van der Waals surface area contributed by atoms with Gasteiger partial charge in [0.15, 0.2) is 0 Å². The molecule has 0 aromatic carbocycles. The lowest BCUT2D eigenvalue weighted by Gasteiger charge is -2.42. The van der Waals surface area contributed by atoms with E-state index in [4.69, 9.17) is 5.73 Å². The molecule has 0 bridgehead atoms. The average Bonchev–Trinajstić information content (AvgIpc) is 2.61. The first-order valence-corrected chi connectivity index (χ1v) is 8.34. The van der Waals surface area contributed by atoms with Crippen LogP contribution < -0.4 is 5.73 Å². The molecular formula is C17H34N2. The van der Waals surface area contributed by atoms with Crippen LogP contribution in [-0.2, 0) is 0 Å². The Morgan fingerprint density at radius 1 is 1.16 bits per heavy atom. The number of hydrogen-bond donors (Lipinski definition) is 1. The molecule has 2 fully saturated rings. The molecule has 1 heterocycles. The topological polar surface area (TPSA) is 29.3 Å². The monoisotopic (exact) mass is 266 g/mol. The Morgan fingerprint density at radius 2 is 1.89 bits per heavy atom.